The summed E-state index contributed by atoms with van der Waals surface area (Å²) in [6, 6.07) is 10.3. The van der Waals surface area contributed by atoms with Gasteiger partial charge in [-0.15, -0.1) is 0 Å². The van der Waals surface area contributed by atoms with E-state index in [0.29, 0.717) is 19.3 Å². The van der Waals surface area contributed by atoms with Gasteiger partial charge >= 0.3 is 6.03 Å². The summed E-state index contributed by atoms with van der Waals surface area (Å²) < 4.78 is 11.4. The molecular formula is C18H26N2O3. The van der Waals surface area contributed by atoms with Crippen LogP contribution in [0.1, 0.15) is 43.8 Å². The van der Waals surface area contributed by atoms with E-state index in [1.807, 2.05) is 18.2 Å². The van der Waals surface area contributed by atoms with Crippen LogP contribution in [0.4, 0.5) is 4.79 Å². The monoisotopic (exact) mass is 318 g/mol. The first-order valence-electron chi connectivity index (χ1n) is 8.64. The van der Waals surface area contributed by atoms with E-state index in [1.54, 1.807) is 0 Å². The molecule has 1 aromatic rings. The van der Waals surface area contributed by atoms with Crippen molar-refractivity contribution in [3.63, 3.8) is 0 Å². The Morgan fingerprint density at radius 3 is 2.78 bits per heavy atom. The van der Waals surface area contributed by atoms with Crippen LogP contribution in [0.5, 0.6) is 0 Å². The molecule has 2 amide bonds. The molecule has 0 bridgehead atoms. The van der Waals surface area contributed by atoms with Crippen molar-refractivity contribution in [3.8, 4) is 0 Å². The van der Waals surface area contributed by atoms with Crippen LogP contribution < -0.4 is 10.6 Å². The third-order valence-electron chi connectivity index (χ3n) is 4.57. The molecule has 5 heteroatoms. The van der Waals surface area contributed by atoms with Gasteiger partial charge in [0.05, 0.1) is 12.2 Å². The Labute approximate surface area is 137 Å². The lowest BCUT2D eigenvalue weighted by atomic mass is 9.97. The summed E-state index contributed by atoms with van der Waals surface area (Å²) in [5, 5.41) is 6.01. The van der Waals surface area contributed by atoms with Gasteiger partial charge in [0.15, 0.2) is 0 Å². The van der Waals surface area contributed by atoms with Crippen LogP contribution >= 0.6 is 0 Å². The molecule has 23 heavy (non-hydrogen) atoms. The molecule has 3 atom stereocenters. The molecule has 1 aromatic carbocycles. The van der Waals surface area contributed by atoms with Crippen molar-refractivity contribution < 1.29 is 14.3 Å². The van der Waals surface area contributed by atoms with Crippen molar-refractivity contribution in [3.05, 3.63) is 35.9 Å². The van der Waals surface area contributed by atoms with Crippen LogP contribution in [0.25, 0.3) is 0 Å². The predicted octanol–water partition coefficient (Wildman–Crippen LogP) is 2.78. The Morgan fingerprint density at radius 2 is 2.00 bits per heavy atom. The second-order valence-electron chi connectivity index (χ2n) is 6.32. The van der Waals surface area contributed by atoms with Crippen molar-refractivity contribution >= 4 is 6.03 Å². The minimum atomic E-state index is -0.0818. The fourth-order valence-electron chi connectivity index (χ4n) is 3.28. The van der Waals surface area contributed by atoms with E-state index in [0.717, 1.165) is 38.7 Å². The summed E-state index contributed by atoms with van der Waals surface area (Å²) >= 11 is 0. The molecule has 0 aliphatic carbocycles. The second-order valence-corrected chi connectivity index (χ2v) is 6.32. The lowest BCUT2D eigenvalue weighted by Gasteiger charge is -2.30. The normalized spacial score (nSPS) is 27.6. The van der Waals surface area contributed by atoms with Gasteiger partial charge in [-0.3, -0.25) is 0 Å². The highest BCUT2D eigenvalue weighted by Crippen LogP contribution is 2.27. The van der Waals surface area contributed by atoms with Crippen molar-refractivity contribution in [2.75, 3.05) is 19.8 Å². The largest absolute Gasteiger partial charge is 0.378 e. The maximum atomic E-state index is 12.0. The number of carbonyl (C=O) groups excluding carboxylic acids is 1. The number of hydrogen-bond donors (Lipinski definition) is 2. The number of hydrogen-bond acceptors (Lipinski definition) is 3. The van der Waals surface area contributed by atoms with Crippen LogP contribution in [0, 0.1) is 0 Å². The van der Waals surface area contributed by atoms with Crippen molar-refractivity contribution in [2.45, 2.75) is 50.4 Å². The molecule has 2 N–H and O–H groups in total. The smallest absolute Gasteiger partial charge is 0.315 e. The minimum Gasteiger partial charge on any atom is -0.378 e. The third-order valence-corrected chi connectivity index (χ3v) is 4.57. The van der Waals surface area contributed by atoms with Gasteiger partial charge in [0, 0.05) is 25.8 Å². The molecule has 0 unspecified atom stereocenters. The average molecular weight is 318 g/mol. The number of benzene rings is 1. The van der Waals surface area contributed by atoms with Crippen molar-refractivity contribution in [2.24, 2.45) is 0 Å². The quantitative estimate of drug-likeness (QED) is 0.877. The zero-order valence-electron chi connectivity index (χ0n) is 13.5. The molecule has 0 radical (unpaired) electrons. The first kappa shape index (κ1) is 16.3. The molecule has 2 aliphatic heterocycles. The molecule has 0 aromatic heterocycles. The summed E-state index contributed by atoms with van der Waals surface area (Å²) in [4.78, 5) is 12.0. The van der Waals surface area contributed by atoms with Gasteiger partial charge in [-0.1, -0.05) is 30.3 Å². The first-order valence-corrected chi connectivity index (χ1v) is 8.64. The predicted molar refractivity (Wildman–Crippen MR) is 88.3 cm³/mol. The highest BCUT2D eigenvalue weighted by Gasteiger charge is 2.25. The van der Waals surface area contributed by atoms with E-state index in [4.69, 9.17) is 9.47 Å². The zero-order chi connectivity index (χ0) is 15.9. The average Bonchev–Trinajstić information content (AvgIpc) is 3.09. The van der Waals surface area contributed by atoms with E-state index in [2.05, 4.69) is 22.8 Å². The lowest BCUT2D eigenvalue weighted by Crippen LogP contribution is -2.45. The maximum absolute atomic E-state index is 12.0. The number of carbonyl (C=O) groups is 1. The van der Waals surface area contributed by atoms with E-state index in [9.17, 15) is 4.79 Å². The summed E-state index contributed by atoms with van der Waals surface area (Å²) in [7, 11) is 0. The van der Waals surface area contributed by atoms with Crippen LogP contribution in [0.2, 0.25) is 0 Å². The SMILES string of the molecule is O=C(NCC[C@@H]1CCCO1)N[C@@H]1CCO[C@@H](c2ccccc2)C1. The Balaban J connectivity index is 1.39. The minimum absolute atomic E-state index is 0.0714. The van der Waals surface area contributed by atoms with Gasteiger partial charge in [-0.05, 0) is 37.7 Å². The molecule has 0 saturated carbocycles. The first-order chi connectivity index (χ1) is 11.3. The molecule has 5 nitrogen and oxygen atoms in total. The van der Waals surface area contributed by atoms with Crippen LogP contribution in [0.3, 0.4) is 0 Å². The number of ether oxygens (including phenoxy) is 2. The molecular weight excluding hydrogens is 292 g/mol. The lowest BCUT2D eigenvalue weighted by molar-refractivity contribution is 0.00225. The van der Waals surface area contributed by atoms with Crippen molar-refractivity contribution in [1.29, 1.82) is 0 Å². The van der Waals surface area contributed by atoms with Gasteiger partial charge in [-0.25, -0.2) is 4.79 Å². The number of nitrogens with one attached hydrogen (secondary N) is 2. The van der Waals surface area contributed by atoms with Gasteiger partial charge in [0.1, 0.15) is 0 Å². The van der Waals surface area contributed by atoms with Crippen LogP contribution in [-0.2, 0) is 9.47 Å². The summed E-state index contributed by atoms with van der Waals surface area (Å²) in [6.45, 7) is 2.21. The van der Waals surface area contributed by atoms with E-state index in [1.165, 1.54) is 5.56 Å². The summed E-state index contributed by atoms with van der Waals surface area (Å²) in [6.07, 6.45) is 5.23. The molecule has 3 rings (SSSR count). The number of amides is 2. The Morgan fingerprint density at radius 1 is 1.13 bits per heavy atom. The Bertz CT molecular complexity index is 488. The van der Waals surface area contributed by atoms with Crippen LogP contribution in [0.15, 0.2) is 30.3 Å². The second kappa shape index (κ2) is 8.31. The Kier molecular flexibility index (Phi) is 5.88. The fourth-order valence-corrected chi connectivity index (χ4v) is 3.28. The standard InChI is InChI=1S/C18H26N2O3/c21-18(19-10-8-16-7-4-11-22-16)20-15-9-12-23-17(13-15)14-5-2-1-3-6-14/h1-3,5-6,15-17H,4,7-13H2,(H2,19,20,21)/t15-,16+,17-/m1/s1. The molecule has 2 fully saturated rings. The Hall–Kier alpha value is -1.59. The topological polar surface area (TPSA) is 59.6 Å². The zero-order valence-corrected chi connectivity index (χ0v) is 13.5. The molecule has 126 valence electrons. The molecule has 2 saturated heterocycles. The highest BCUT2D eigenvalue weighted by atomic mass is 16.5. The summed E-state index contributed by atoms with van der Waals surface area (Å²) in [5.41, 5.74) is 1.18. The highest BCUT2D eigenvalue weighted by molar-refractivity contribution is 5.74. The summed E-state index contributed by atoms with van der Waals surface area (Å²) in [5.74, 6) is 0. The fraction of sp³-hybridized carbons (Fsp3) is 0.611. The van der Waals surface area contributed by atoms with Gasteiger partial charge < -0.3 is 20.1 Å². The number of rotatable bonds is 5. The molecule has 2 heterocycles. The van der Waals surface area contributed by atoms with E-state index >= 15 is 0 Å². The number of urea groups is 1. The maximum Gasteiger partial charge on any atom is 0.315 e. The van der Waals surface area contributed by atoms with Crippen LogP contribution in [-0.4, -0.2) is 37.9 Å². The molecule has 2 aliphatic rings. The van der Waals surface area contributed by atoms with Gasteiger partial charge in [0.2, 0.25) is 0 Å². The van der Waals surface area contributed by atoms with E-state index in [-0.39, 0.29) is 18.2 Å². The van der Waals surface area contributed by atoms with E-state index < -0.39 is 0 Å². The van der Waals surface area contributed by atoms with Gasteiger partial charge in [0.25, 0.3) is 0 Å². The van der Waals surface area contributed by atoms with Gasteiger partial charge in [-0.2, -0.15) is 0 Å². The van der Waals surface area contributed by atoms with Crippen molar-refractivity contribution in [1.82, 2.24) is 10.6 Å². The third kappa shape index (κ3) is 4.94. The molecule has 0 spiro atoms.